The maximum atomic E-state index is 14.5. The Kier molecular flexibility index (Phi) is 7.86. The van der Waals surface area contributed by atoms with Crippen LogP contribution in [-0.2, 0) is 26.4 Å². The van der Waals surface area contributed by atoms with Gasteiger partial charge in [-0.1, -0.05) is 18.3 Å². The first-order valence-corrected chi connectivity index (χ1v) is 14.3. The largest absolute Gasteiger partial charge is 0.496 e. The van der Waals surface area contributed by atoms with E-state index in [1.54, 1.807) is 6.92 Å². The van der Waals surface area contributed by atoms with E-state index in [1.807, 2.05) is 6.92 Å². The maximum absolute atomic E-state index is 14.5. The van der Waals surface area contributed by atoms with Crippen molar-refractivity contribution in [3.8, 4) is 10.8 Å². The van der Waals surface area contributed by atoms with Crippen LogP contribution in [-0.4, -0.2) is 61.6 Å². The Hall–Kier alpha value is -4.17. The van der Waals surface area contributed by atoms with Crippen LogP contribution in [0.2, 0.25) is 0 Å². The number of thiophene rings is 1. The van der Waals surface area contributed by atoms with E-state index in [2.05, 4.69) is 10.2 Å². The summed E-state index contributed by atoms with van der Waals surface area (Å²) in [5, 5.41) is 9.12. The topological polar surface area (TPSA) is 131 Å². The number of carbonyl (C=O) groups excluding carboxylic acids is 2. The lowest BCUT2D eigenvalue weighted by molar-refractivity contribution is -0.154. The Morgan fingerprint density at radius 1 is 1.17 bits per heavy atom. The molecule has 12 nitrogen and oxygen atoms in total. The molecule has 1 aromatic carbocycles. The Labute approximate surface area is 243 Å². The van der Waals surface area contributed by atoms with Crippen LogP contribution in [0.15, 0.2) is 40.2 Å². The molecule has 5 rings (SSSR count). The summed E-state index contributed by atoms with van der Waals surface area (Å²) in [5.74, 6) is -1.19. The third-order valence-corrected chi connectivity index (χ3v) is 8.94. The summed E-state index contributed by atoms with van der Waals surface area (Å²) in [6, 6.07) is 4.05. The van der Waals surface area contributed by atoms with Gasteiger partial charge in [0, 0.05) is 31.2 Å². The minimum atomic E-state index is -1.62. The summed E-state index contributed by atoms with van der Waals surface area (Å²) in [5.41, 5.74) is -2.14. The molecule has 0 radical (unpaired) electrons. The number of fused-ring (bicyclic) bond motifs is 1. The van der Waals surface area contributed by atoms with Crippen LogP contribution in [0.25, 0.3) is 15.2 Å². The maximum Gasteiger partial charge on any atom is 0.333 e. The van der Waals surface area contributed by atoms with Gasteiger partial charge in [-0.15, -0.1) is 4.80 Å². The van der Waals surface area contributed by atoms with Crippen molar-refractivity contribution in [2.24, 2.45) is 0 Å². The minimum Gasteiger partial charge on any atom is -0.496 e. The third-order valence-electron chi connectivity index (χ3n) is 7.66. The molecular formula is C28H31FN6O6S. The number of benzene rings is 1. The molecule has 1 aliphatic heterocycles. The zero-order valence-corrected chi connectivity index (χ0v) is 24.7. The van der Waals surface area contributed by atoms with E-state index < -0.39 is 40.5 Å². The van der Waals surface area contributed by atoms with Gasteiger partial charge >= 0.3 is 5.69 Å². The van der Waals surface area contributed by atoms with Crippen molar-refractivity contribution in [2.45, 2.75) is 58.2 Å². The number of aromatic nitrogens is 5. The van der Waals surface area contributed by atoms with Gasteiger partial charge in [0.1, 0.15) is 33.0 Å². The number of ether oxygens (including phenoxy) is 2. The number of aryl methyl sites for hydroxylation is 1. The number of carbonyl (C=O) groups is 2. The first kappa shape index (κ1) is 29.3. The number of halogens is 1. The van der Waals surface area contributed by atoms with E-state index in [-0.39, 0.29) is 24.8 Å². The number of amides is 2. The molecule has 0 aliphatic carbocycles. The predicted octanol–water partition coefficient (Wildman–Crippen LogP) is 2.92. The van der Waals surface area contributed by atoms with Crippen molar-refractivity contribution >= 4 is 33.4 Å². The Morgan fingerprint density at radius 3 is 2.55 bits per heavy atom. The summed E-state index contributed by atoms with van der Waals surface area (Å²) in [6.45, 7) is 5.32. The summed E-state index contributed by atoms with van der Waals surface area (Å²) in [6.07, 6.45) is 2.74. The van der Waals surface area contributed by atoms with Crippen molar-refractivity contribution in [1.82, 2.24) is 29.0 Å². The molecule has 4 aromatic rings. The molecular weight excluding hydrogens is 567 g/mol. The third kappa shape index (κ3) is 4.73. The van der Waals surface area contributed by atoms with Crippen LogP contribution in [0.3, 0.4) is 0 Å². The number of rotatable bonds is 9. The van der Waals surface area contributed by atoms with E-state index in [0.29, 0.717) is 39.7 Å². The Morgan fingerprint density at radius 2 is 1.88 bits per heavy atom. The van der Waals surface area contributed by atoms with Crippen LogP contribution in [0, 0.1) is 12.7 Å². The van der Waals surface area contributed by atoms with Crippen LogP contribution in [0.1, 0.15) is 50.3 Å². The van der Waals surface area contributed by atoms with Crippen LogP contribution >= 0.6 is 11.3 Å². The number of nitrogens with zero attached hydrogens (tertiary/aromatic N) is 6. The molecule has 2 amide bonds. The summed E-state index contributed by atoms with van der Waals surface area (Å²) < 4.78 is 28.4. The van der Waals surface area contributed by atoms with Crippen molar-refractivity contribution in [2.75, 3.05) is 20.8 Å². The van der Waals surface area contributed by atoms with Gasteiger partial charge in [-0.2, -0.15) is 10.2 Å². The molecule has 1 saturated heterocycles. The molecule has 0 bridgehead atoms. The SMILES string of the molecule is CCCO[C@@H](Cn1c(=O)n([C@]2(C)CCC(=O)N(C)C2=O)c(=O)c2c(C)c(-n3nccn3)sc21)c1cc(F)ccc1OC. The molecule has 42 heavy (non-hydrogen) atoms. The second-order valence-corrected chi connectivity index (χ2v) is 11.3. The zero-order chi connectivity index (χ0) is 30.3. The van der Waals surface area contributed by atoms with Crippen LogP contribution < -0.4 is 16.0 Å². The molecule has 0 spiro atoms. The molecule has 3 aromatic heterocycles. The molecule has 1 fully saturated rings. The summed E-state index contributed by atoms with van der Waals surface area (Å²) in [4.78, 5) is 57.0. The van der Waals surface area contributed by atoms with E-state index in [4.69, 9.17) is 9.47 Å². The molecule has 4 heterocycles. The molecule has 0 unspecified atom stereocenters. The van der Waals surface area contributed by atoms with Crippen molar-refractivity contribution in [1.29, 1.82) is 0 Å². The Bertz CT molecular complexity index is 1790. The van der Waals surface area contributed by atoms with Gasteiger partial charge in [0.25, 0.3) is 11.5 Å². The fourth-order valence-electron chi connectivity index (χ4n) is 5.37. The molecule has 0 N–H and O–H groups in total. The average Bonchev–Trinajstić information content (AvgIpc) is 3.62. The fourth-order valence-corrected chi connectivity index (χ4v) is 6.59. The van der Waals surface area contributed by atoms with Crippen molar-refractivity contribution in [3.05, 3.63) is 68.4 Å². The molecule has 1 aliphatic rings. The highest BCUT2D eigenvalue weighted by atomic mass is 32.1. The second-order valence-electron chi connectivity index (χ2n) is 10.3. The van der Waals surface area contributed by atoms with Gasteiger partial charge in [-0.3, -0.25) is 23.9 Å². The number of likely N-dealkylation sites (N-methyl/N-ethyl adjacent to an activating group) is 1. The number of piperidine rings is 1. The first-order chi connectivity index (χ1) is 20.0. The lowest BCUT2D eigenvalue weighted by Gasteiger charge is -2.37. The van der Waals surface area contributed by atoms with E-state index in [1.165, 1.54) is 61.0 Å². The van der Waals surface area contributed by atoms with E-state index >= 15 is 0 Å². The van der Waals surface area contributed by atoms with Crippen LogP contribution in [0.4, 0.5) is 4.39 Å². The van der Waals surface area contributed by atoms with Gasteiger partial charge in [-0.25, -0.2) is 13.8 Å². The highest BCUT2D eigenvalue weighted by molar-refractivity contribution is 7.21. The first-order valence-electron chi connectivity index (χ1n) is 13.5. The predicted molar refractivity (Wildman–Crippen MR) is 153 cm³/mol. The zero-order valence-electron chi connectivity index (χ0n) is 23.9. The van der Waals surface area contributed by atoms with E-state index in [0.717, 1.165) is 20.8 Å². The molecule has 222 valence electrons. The number of likely N-dealkylation sites (tertiary alicyclic amines) is 1. The quantitative estimate of drug-likeness (QED) is 0.269. The van der Waals surface area contributed by atoms with Crippen molar-refractivity contribution < 1.29 is 23.5 Å². The smallest absolute Gasteiger partial charge is 0.333 e. The molecule has 0 saturated carbocycles. The lowest BCUT2D eigenvalue weighted by atomic mass is 9.89. The summed E-state index contributed by atoms with van der Waals surface area (Å²) in [7, 11) is 2.80. The molecule has 14 heteroatoms. The highest BCUT2D eigenvalue weighted by Gasteiger charge is 2.46. The monoisotopic (exact) mass is 598 g/mol. The average molecular weight is 599 g/mol. The number of imide groups is 1. The van der Waals surface area contributed by atoms with Gasteiger partial charge in [-0.05, 0) is 44.9 Å². The normalized spacial score (nSPS) is 18.2. The minimum absolute atomic E-state index is 0.0174. The highest BCUT2D eigenvalue weighted by Crippen LogP contribution is 2.35. The number of hydrogen-bond acceptors (Lipinski definition) is 9. The number of methoxy groups -OCH3 is 1. The Balaban J connectivity index is 1.81. The van der Waals surface area contributed by atoms with Gasteiger partial charge in [0.2, 0.25) is 5.91 Å². The standard InChI is InChI=1S/C28H31FN6O6S/c1-6-13-41-20(18-14-17(29)7-8-19(18)40-5)15-33-25-22(16(2)24(42-25)35-30-11-12-31-35)23(37)34(27(33)39)28(3)10-9-21(36)32(4)26(28)38/h7-8,11-12,14,20H,6,9-10,13,15H2,1-5H3/t20-,28+/m0/s1. The van der Waals surface area contributed by atoms with Crippen molar-refractivity contribution in [3.63, 3.8) is 0 Å². The summed E-state index contributed by atoms with van der Waals surface area (Å²) >= 11 is 1.14. The van der Waals surface area contributed by atoms with E-state index in [9.17, 15) is 23.6 Å². The number of hydrogen-bond donors (Lipinski definition) is 0. The van der Waals surface area contributed by atoms with Gasteiger partial charge < -0.3 is 9.47 Å². The van der Waals surface area contributed by atoms with Crippen LogP contribution in [0.5, 0.6) is 5.75 Å². The second kappa shape index (κ2) is 11.2. The lowest BCUT2D eigenvalue weighted by Crippen LogP contribution is -2.61. The fraction of sp³-hybridized carbons (Fsp3) is 0.429. The van der Waals surface area contributed by atoms with Gasteiger partial charge in [0.05, 0.1) is 31.4 Å². The van der Waals surface area contributed by atoms with Gasteiger partial charge in [0.15, 0.2) is 0 Å². The molecule has 2 atom stereocenters.